The molecule has 0 bridgehead atoms. The summed E-state index contributed by atoms with van der Waals surface area (Å²) >= 11 is 0. The smallest absolute Gasteiger partial charge is 0.231 e. The van der Waals surface area contributed by atoms with Gasteiger partial charge in [-0.25, -0.2) is 0 Å². The molecule has 0 N–H and O–H groups in total. The monoisotopic (exact) mass is 258 g/mol. The Morgan fingerprint density at radius 3 is 2.47 bits per heavy atom. The largest absolute Gasteiger partial charge is 0.333 e. The van der Waals surface area contributed by atoms with Crippen LogP contribution in [0.25, 0.3) is 0 Å². The minimum atomic E-state index is -0.467. The summed E-state index contributed by atoms with van der Waals surface area (Å²) in [4.78, 5) is 25.5. The SMILES string of the molecule is C[C@H](c1ccccc1)N1CC(N=O)C2(CCC2)C1=O. The third-order valence-corrected chi connectivity index (χ3v) is 4.82. The first-order chi connectivity index (χ1) is 9.19. The summed E-state index contributed by atoms with van der Waals surface area (Å²) in [5.41, 5.74) is 0.641. The van der Waals surface area contributed by atoms with E-state index < -0.39 is 5.41 Å². The van der Waals surface area contributed by atoms with Crippen molar-refractivity contribution in [2.75, 3.05) is 6.54 Å². The van der Waals surface area contributed by atoms with E-state index >= 15 is 0 Å². The van der Waals surface area contributed by atoms with Gasteiger partial charge in [0, 0.05) is 6.54 Å². The van der Waals surface area contributed by atoms with E-state index in [4.69, 9.17) is 0 Å². The van der Waals surface area contributed by atoms with Crippen LogP contribution in [-0.4, -0.2) is 23.4 Å². The number of nitroso groups, excluding NO2 is 1. The van der Waals surface area contributed by atoms with Crippen molar-refractivity contribution in [2.45, 2.75) is 38.3 Å². The molecule has 4 nitrogen and oxygen atoms in total. The van der Waals surface area contributed by atoms with Crippen molar-refractivity contribution in [3.63, 3.8) is 0 Å². The predicted molar refractivity (Wildman–Crippen MR) is 72.4 cm³/mol. The van der Waals surface area contributed by atoms with Gasteiger partial charge in [-0.15, -0.1) is 0 Å². The second kappa shape index (κ2) is 4.44. The van der Waals surface area contributed by atoms with Crippen LogP contribution < -0.4 is 0 Å². The Hall–Kier alpha value is -1.71. The molecule has 1 aliphatic carbocycles. The Bertz CT molecular complexity index is 496. The summed E-state index contributed by atoms with van der Waals surface area (Å²) in [7, 11) is 0. The summed E-state index contributed by atoms with van der Waals surface area (Å²) in [5.74, 6) is 0.125. The van der Waals surface area contributed by atoms with Crippen molar-refractivity contribution < 1.29 is 4.79 Å². The summed E-state index contributed by atoms with van der Waals surface area (Å²) in [6, 6.07) is 9.60. The number of rotatable bonds is 3. The third kappa shape index (κ3) is 1.70. The highest BCUT2D eigenvalue weighted by atomic mass is 16.3. The van der Waals surface area contributed by atoms with E-state index in [1.54, 1.807) is 0 Å². The molecule has 1 heterocycles. The Balaban J connectivity index is 1.87. The van der Waals surface area contributed by atoms with Crippen molar-refractivity contribution in [2.24, 2.45) is 10.6 Å². The lowest BCUT2D eigenvalue weighted by Gasteiger charge is -2.38. The molecule has 1 aromatic rings. The predicted octanol–water partition coefficient (Wildman–Crippen LogP) is 2.90. The first-order valence-electron chi connectivity index (χ1n) is 6.87. The van der Waals surface area contributed by atoms with Crippen LogP contribution in [-0.2, 0) is 4.79 Å². The van der Waals surface area contributed by atoms with E-state index in [-0.39, 0.29) is 18.0 Å². The molecule has 1 spiro atoms. The van der Waals surface area contributed by atoms with Crippen molar-refractivity contribution in [1.29, 1.82) is 0 Å². The number of benzene rings is 1. The minimum Gasteiger partial charge on any atom is -0.333 e. The maximum atomic E-state index is 12.6. The Labute approximate surface area is 112 Å². The molecular weight excluding hydrogens is 240 g/mol. The van der Waals surface area contributed by atoms with Gasteiger partial charge >= 0.3 is 0 Å². The van der Waals surface area contributed by atoms with Crippen LogP contribution in [0.4, 0.5) is 0 Å². The third-order valence-electron chi connectivity index (χ3n) is 4.82. The molecule has 1 saturated heterocycles. The lowest BCUT2D eigenvalue weighted by molar-refractivity contribution is -0.142. The molecular formula is C15H18N2O2. The highest BCUT2D eigenvalue weighted by Crippen LogP contribution is 2.51. The highest BCUT2D eigenvalue weighted by Gasteiger charge is 2.59. The number of amides is 1. The average molecular weight is 258 g/mol. The lowest BCUT2D eigenvalue weighted by Crippen LogP contribution is -2.44. The quantitative estimate of drug-likeness (QED) is 0.783. The molecule has 3 rings (SSSR count). The van der Waals surface area contributed by atoms with Gasteiger partial charge in [-0.3, -0.25) is 4.79 Å². The topological polar surface area (TPSA) is 49.7 Å². The van der Waals surface area contributed by atoms with Crippen LogP contribution in [0.2, 0.25) is 0 Å². The van der Waals surface area contributed by atoms with Gasteiger partial charge in [0.1, 0.15) is 6.04 Å². The molecule has 2 aliphatic rings. The minimum absolute atomic E-state index is 0.0120. The Morgan fingerprint density at radius 1 is 1.32 bits per heavy atom. The van der Waals surface area contributed by atoms with E-state index in [2.05, 4.69) is 5.18 Å². The van der Waals surface area contributed by atoms with Gasteiger partial charge in [0.05, 0.1) is 11.5 Å². The zero-order valence-electron chi connectivity index (χ0n) is 11.1. The number of carbonyl (C=O) groups is 1. The molecule has 0 radical (unpaired) electrons. The van der Waals surface area contributed by atoms with Crippen molar-refractivity contribution in [1.82, 2.24) is 4.90 Å². The van der Waals surface area contributed by atoms with Gasteiger partial charge in [0.15, 0.2) is 0 Å². The zero-order valence-corrected chi connectivity index (χ0v) is 11.1. The van der Waals surface area contributed by atoms with Gasteiger partial charge in [-0.2, -0.15) is 4.91 Å². The maximum Gasteiger partial charge on any atom is 0.231 e. The molecule has 1 aromatic carbocycles. The molecule has 1 unspecified atom stereocenters. The van der Waals surface area contributed by atoms with Gasteiger partial charge in [-0.05, 0) is 25.3 Å². The van der Waals surface area contributed by atoms with E-state index in [0.717, 1.165) is 24.8 Å². The van der Waals surface area contributed by atoms with Crippen molar-refractivity contribution in [3.8, 4) is 0 Å². The lowest BCUT2D eigenvalue weighted by atomic mass is 9.65. The first kappa shape index (κ1) is 12.3. The van der Waals surface area contributed by atoms with Gasteiger partial charge in [-0.1, -0.05) is 41.9 Å². The summed E-state index contributed by atoms with van der Waals surface area (Å²) in [5, 5.41) is 3.23. The standard InChI is InChI=1S/C15H18N2O2/c1-11(12-6-3-2-4-7-12)17-10-13(16-19)15(14(17)18)8-5-9-15/h2-4,6-7,11,13H,5,8-10H2,1H3/t11-,13?/m1/s1. The van der Waals surface area contributed by atoms with E-state index in [9.17, 15) is 9.70 Å². The van der Waals surface area contributed by atoms with E-state index in [1.807, 2.05) is 42.2 Å². The average Bonchev–Trinajstić information content (AvgIpc) is 2.71. The van der Waals surface area contributed by atoms with Crippen LogP contribution in [0, 0.1) is 10.3 Å². The fourth-order valence-electron chi connectivity index (χ4n) is 3.36. The Morgan fingerprint density at radius 2 is 2.00 bits per heavy atom. The molecule has 0 aromatic heterocycles. The normalized spacial score (nSPS) is 26.3. The van der Waals surface area contributed by atoms with Crippen LogP contribution in [0.15, 0.2) is 35.5 Å². The summed E-state index contributed by atoms with van der Waals surface area (Å²) < 4.78 is 0. The fraction of sp³-hybridized carbons (Fsp3) is 0.533. The zero-order chi connectivity index (χ0) is 13.5. The second-order valence-electron chi connectivity index (χ2n) is 5.68. The second-order valence-corrected chi connectivity index (χ2v) is 5.68. The molecule has 1 amide bonds. The van der Waals surface area contributed by atoms with Crippen LogP contribution in [0.1, 0.15) is 37.8 Å². The van der Waals surface area contributed by atoms with Gasteiger partial charge in [0.2, 0.25) is 5.91 Å². The van der Waals surface area contributed by atoms with E-state index in [1.165, 1.54) is 0 Å². The van der Waals surface area contributed by atoms with Crippen molar-refractivity contribution >= 4 is 5.91 Å². The molecule has 1 aliphatic heterocycles. The maximum absolute atomic E-state index is 12.6. The summed E-state index contributed by atoms with van der Waals surface area (Å²) in [6.45, 7) is 2.49. The highest BCUT2D eigenvalue weighted by molar-refractivity contribution is 5.87. The van der Waals surface area contributed by atoms with Gasteiger partial charge in [0.25, 0.3) is 0 Å². The van der Waals surface area contributed by atoms with Gasteiger partial charge < -0.3 is 4.90 Å². The van der Waals surface area contributed by atoms with Crippen LogP contribution in [0.3, 0.4) is 0 Å². The number of carbonyl (C=O) groups excluding carboxylic acids is 1. The van der Waals surface area contributed by atoms with Crippen molar-refractivity contribution in [3.05, 3.63) is 40.8 Å². The number of hydrogen-bond acceptors (Lipinski definition) is 3. The molecule has 2 atom stereocenters. The molecule has 1 saturated carbocycles. The number of nitrogens with zero attached hydrogens (tertiary/aromatic N) is 2. The Kier molecular flexibility index (Phi) is 2.88. The molecule has 2 fully saturated rings. The number of hydrogen-bond donors (Lipinski definition) is 0. The van der Waals surface area contributed by atoms with E-state index in [0.29, 0.717) is 6.54 Å². The fourth-order valence-corrected chi connectivity index (χ4v) is 3.36. The number of likely N-dealkylation sites (tertiary alicyclic amines) is 1. The van der Waals surface area contributed by atoms with Crippen LogP contribution in [0.5, 0.6) is 0 Å². The molecule has 19 heavy (non-hydrogen) atoms. The van der Waals surface area contributed by atoms with Crippen LogP contribution >= 0.6 is 0 Å². The molecule has 100 valence electrons. The first-order valence-corrected chi connectivity index (χ1v) is 6.87. The summed E-state index contributed by atoms with van der Waals surface area (Å²) in [6.07, 6.45) is 2.67. The molecule has 4 heteroatoms.